The summed E-state index contributed by atoms with van der Waals surface area (Å²) < 4.78 is 0.976. The Hall–Kier alpha value is -0.510. The third kappa shape index (κ3) is 2.36. The van der Waals surface area contributed by atoms with Gasteiger partial charge in [0, 0.05) is 11.1 Å². The molecule has 0 amide bonds. The van der Waals surface area contributed by atoms with E-state index in [4.69, 9.17) is 23.2 Å². The fraction of sp³-hybridized carbons (Fsp3) is 0.300. The standard InChI is InChI=1S/C10H10Cl2N2S/c1-5(2)13-10-14-8-4-6(11)3-7(12)9(8)15-10/h3-5H,1-2H3,(H,13,14). The zero-order valence-corrected chi connectivity index (χ0v) is 10.7. The molecule has 5 heteroatoms. The highest BCUT2D eigenvalue weighted by atomic mass is 35.5. The lowest BCUT2D eigenvalue weighted by molar-refractivity contribution is 0.897. The van der Waals surface area contributed by atoms with E-state index >= 15 is 0 Å². The van der Waals surface area contributed by atoms with Crippen LogP contribution < -0.4 is 5.32 Å². The molecule has 0 atom stereocenters. The smallest absolute Gasteiger partial charge is 0.184 e. The molecule has 0 unspecified atom stereocenters. The van der Waals surface area contributed by atoms with Crippen molar-refractivity contribution >= 4 is 49.9 Å². The number of rotatable bonds is 2. The minimum absolute atomic E-state index is 0.361. The normalized spacial score (nSPS) is 11.3. The molecule has 1 aromatic heterocycles. The Labute approximate surface area is 102 Å². The molecule has 0 spiro atoms. The summed E-state index contributed by atoms with van der Waals surface area (Å²) in [6, 6.07) is 3.92. The molecule has 15 heavy (non-hydrogen) atoms. The molecule has 1 N–H and O–H groups in total. The fourth-order valence-corrected chi connectivity index (χ4v) is 2.86. The first-order valence-electron chi connectivity index (χ1n) is 4.58. The topological polar surface area (TPSA) is 24.9 Å². The van der Waals surface area contributed by atoms with Crippen molar-refractivity contribution in [1.29, 1.82) is 0 Å². The second kappa shape index (κ2) is 4.16. The van der Waals surface area contributed by atoms with Crippen molar-refractivity contribution in [3.63, 3.8) is 0 Å². The maximum Gasteiger partial charge on any atom is 0.184 e. The lowest BCUT2D eigenvalue weighted by Gasteiger charge is -2.03. The summed E-state index contributed by atoms with van der Waals surface area (Å²) in [7, 11) is 0. The first kappa shape index (κ1) is 11.0. The van der Waals surface area contributed by atoms with Gasteiger partial charge in [-0.1, -0.05) is 34.5 Å². The molecule has 0 saturated heterocycles. The van der Waals surface area contributed by atoms with E-state index in [0.717, 1.165) is 15.3 Å². The molecule has 1 heterocycles. The quantitative estimate of drug-likeness (QED) is 0.865. The monoisotopic (exact) mass is 260 g/mol. The van der Waals surface area contributed by atoms with Crippen molar-refractivity contribution in [2.75, 3.05) is 5.32 Å². The molecule has 0 aliphatic carbocycles. The summed E-state index contributed by atoms with van der Waals surface area (Å²) in [5.41, 5.74) is 0.848. The van der Waals surface area contributed by atoms with Crippen LogP contribution in [0.5, 0.6) is 0 Å². The molecular formula is C10H10Cl2N2S. The largest absolute Gasteiger partial charge is 0.359 e. The minimum Gasteiger partial charge on any atom is -0.359 e. The zero-order valence-electron chi connectivity index (χ0n) is 8.34. The van der Waals surface area contributed by atoms with Crippen molar-refractivity contribution in [2.24, 2.45) is 0 Å². The molecule has 0 aliphatic heterocycles. The molecule has 0 aliphatic rings. The van der Waals surface area contributed by atoms with Crippen LogP contribution in [0, 0.1) is 0 Å². The van der Waals surface area contributed by atoms with Crippen molar-refractivity contribution in [3.05, 3.63) is 22.2 Å². The Balaban J connectivity index is 2.50. The number of fused-ring (bicyclic) bond motifs is 1. The number of nitrogens with zero attached hydrogens (tertiary/aromatic N) is 1. The Morgan fingerprint density at radius 2 is 2.07 bits per heavy atom. The van der Waals surface area contributed by atoms with Crippen molar-refractivity contribution in [2.45, 2.75) is 19.9 Å². The molecule has 0 radical (unpaired) electrons. The number of thiazole rings is 1. The number of hydrogen-bond donors (Lipinski definition) is 1. The molecular weight excluding hydrogens is 251 g/mol. The third-order valence-electron chi connectivity index (χ3n) is 1.82. The summed E-state index contributed by atoms with van der Waals surface area (Å²) in [4.78, 5) is 4.41. The molecule has 80 valence electrons. The van der Waals surface area contributed by atoms with Gasteiger partial charge in [-0.3, -0.25) is 0 Å². The van der Waals surface area contributed by atoms with Crippen LogP contribution in [0.1, 0.15) is 13.8 Å². The fourth-order valence-electron chi connectivity index (χ4n) is 1.27. The van der Waals surface area contributed by atoms with Gasteiger partial charge < -0.3 is 5.32 Å². The predicted octanol–water partition coefficient (Wildman–Crippen LogP) is 4.42. The Bertz CT molecular complexity index is 493. The van der Waals surface area contributed by atoms with Crippen LogP contribution in [0.25, 0.3) is 10.2 Å². The lowest BCUT2D eigenvalue weighted by atomic mass is 10.3. The molecule has 2 aromatic rings. The van der Waals surface area contributed by atoms with E-state index in [2.05, 4.69) is 24.1 Å². The predicted molar refractivity (Wildman–Crippen MR) is 68.4 cm³/mol. The van der Waals surface area contributed by atoms with Gasteiger partial charge in [0.25, 0.3) is 0 Å². The number of halogens is 2. The van der Waals surface area contributed by atoms with E-state index in [0.29, 0.717) is 16.1 Å². The highest BCUT2D eigenvalue weighted by molar-refractivity contribution is 7.22. The average molecular weight is 261 g/mol. The summed E-state index contributed by atoms with van der Waals surface area (Å²) in [5, 5.41) is 5.40. The van der Waals surface area contributed by atoms with Gasteiger partial charge >= 0.3 is 0 Å². The second-order valence-electron chi connectivity index (χ2n) is 3.55. The second-order valence-corrected chi connectivity index (χ2v) is 5.40. The Morgan fingerprint density at radius 3 is 2.73 bits per heavy atom. The average Bonchev–Trinajstić information content (AvgIpc) is 2.45. The van der Waals surface area contributed by atoms with Gasteiger partial charge in [0.05, 0.1) is 15.2 Å². The molecule has 2 rings (SSSR count). The Morgan fingerprint density at radius 1 is 1.33 bits per heavy atom. The first-order chi connectivity index (χ1) is 7.06. The summed E-state index contributed by atoms with van der Waals surface area (Å²) in [6.07, 6.45) is 0. The highest BCUT2D eigenvalue weighted by Crippen LogP contribution is 2.34. The number of nitrogens with one attached hydrogen (secondary N) is 1. The van der Waals surface area contributed by atoms with E-state index in [1.165, 1.54) is 0 Å². The number of anilines is 1. The molecule has 0 fully saturated rings. The van der Waals surface area contributed by atoms with E-state index in [9.17, 15) is 0 Å². The van der Waals surface area contributed by atoms with E-state index in [1.54, 1.807) is 17.4 Å². The van der Waals surface area contributed by atoms with Crippen LogP contribution in [-0.4, -0.2) is 11.0 Å². The Kier molecular flexibility index (Phi) is 3.05. The number of hydrogen-bond acceptors (Lipinski definition) is 3. The van der Waals surface area contributed by atoms with Crippen molar-refractivity contribution in [1.82, 2.24) is 4.98 Å². The van der Waals surface area contributed by atoms with Crippen LogP contribution in [0.4, 0.5) is 5.13 Å². The van der Waals surface area contributed by atoms with E-state index < -0.39 is 0 Å². The van der Waals surface area contributed by atoms with Crippen molar-refractivity contribution in [3.8, 4) is 0 Å². The van der Waals surface area contributed by atoms with Crippen LogP contribution >= 0.6 is 34.5 Å². The number of benzene rings is 1. The molecule has 1 aromatic carbocycles. The van der Waals surface area contributed by atoms with Crippen molar-refractivity contribution < 1.29 is 0 Å². The summed E-state index contributed by atoms with van der Waals surface area (Å²) in [5.74, 6) is 0. The maximum absolute atomic E-state index is 6.07. The first-order valence-corrected chi connectivity index (χ1v) is 6.15. The van der Waals surface area contributed by atoms with Gasteiger partial charge in [0.1, 0.15) is 0 Å². The van der Waals surface area contributed by atoms with Gasteiger partial charge in [-0.25, -0.2) is 4.98 Å². The number of aromatic nitrogens is 1. The van der Waals surface area contributed by atoms with Gasteiger partial charge in [-0.15, -0.1) is 0 Å². The lowest BCUT2D eigenvalue weighted by Crippen LogP contribution is -2.08. The summed E-state index contributed by atoms with van der Waals surface area (Å²) in [6.45, 7) is 4.14. The molecule has 2 nitrogen and oxygen atoms in total. The molecule has 0 saturated carbocycles. The van der Waals surface area contributed by atoms with Gasteiger partial charge in [0.2, 0.25) is 0 Å². The van der Waals surface area contributed by atoms with Crippen LogP contribution in [-0.2, 0) is 0 Å². The maximum atomic E-state index is 6.07. The zero-order chi connectivity index (χ0) is 11.0. The summed E-state index contributed by atoms with van der Waals surface area (Å²) >= 11 is 13.5. The van der Waals surface area contributed by atoms with Gasteiger partial charge in [0.15, 0.2) is 5.13 Å². The molecule has 0 bridgehead atoms. The highest BCUT2D eigenvalue weighted by Gasteiger charge is 2.08. The van der Waals surface area contributed by atoms with Crippen LogP contribution in [0.2, 0.25) is 10.0 Å². The van der Waals surface area contributed by atoms with E-state index in [1.807, 2.05) is 6.07 Å². The SMILES string of the molecule is CC(C)Nc1nc2cc(Cl)cc(Cl)c2s1. The van der Waals surface area contributed by atoms with Gasteiger partial charge in [-0.2, -0.15) is 0 Å². The van der Waals surface area contributed by atoms with Crippen LogP contribution in [0.3, 0.4) is 0 Å². The van der Waals surface area contributed by atoms with Gasteiger partial charge in [-0.05, 0) is 26.0 Å². The third-order valence-corrected chi connectivity index (χ3v) is 3.49. The minimum atomic E-state index is 0.361. The van der Waals surface area contributed by atoms with E-state index in [-0.39, 0.29) is 0 Å². The van der Waals surface area contributed by atoms with Crippen LogP contribution in [0.15, 0.2) is 12.1 Å².